The van der Waals surface area contributed by atoms with Gasteiger partial charge in [-0.3, -0.25) is 9.59 Å². The second kappa shape index (κ2) is 6.96. The van der Waals surface area contributed by atoms with E-state index >= 15 is 0 Å². The summed E-state index contributed by atoms with van der Waals surface area (Å²) in [6.45, 7) is 2.75. The molecule has 1 saturated heterocycles. The van der Waals surface area contributed by atoms with Gasteiger partial charge in [0.1, 0.15) is 13.2 Å². The van der Waals surface area contributed by atoms with E-state index in [1.54, 1.807) is 21.7 Å². The Bertz CT molecular complexity index is 978. The fraction of sp³-hybridized carbons (Fsp3) is 0.476. The van der Waals surface area contributed by atoms with Crippen LogP contribution >= 0.6 is 0 Å². The Balaban J connectivity index is 1.26. The van der Waals surface area contributed by atoms with Crippen molar-refractivity contribution in [3.8, 4) is 11.5 Å². The van der Waals surface area contributed by atoms with Gasteiger partial charge in [-0.1, -0.05) is 6.07 Å². The number of fused-ring (bicyclic) bond motifs is 2. The number of ether oxygens (including phenoxy) is 2. The van der Waals surface area contributed by atoms with Gasteiger partial charge < -0.3 is 14.4 Å². The molecule has 2 aromatic rings. The number of rotatable bonds is 3. The largest absolute Gasteiger partial charge is 0.486 e. The van der Waals surface area contributed by atoms with E-state index in [-0.39, 0.29) is 17.4 Å². The SMILES string of the molecule is O=C(c1cccc2c1OCCO2)N1CC(Cn2nc3c(cc2=O)CCCC3)C1. The quantitative estimate of drug-likeness (QED) is 0.809. The first-order valence-corrected chi connectivity index (χ1v) is 9.97. The third-order valence-electron chi connectivity index (χ3n) is 5.75. The van der Waals surface area contributed by atoms with Crippen LogP contribution < -0.4 is 15.0 Å². The Kier molecular flexibility index (Phi) is 4.30. The van der Waals surface area contributed by atoms with Crippen LogP contribution in [-0.4, -0.2) is 46.9 Å². The number of carbonyl (C=O) groups is 1. The van der Waals surface area contributed by atoms with Crippen LogP contribution in [0.1, 0.15) is 34.5 Å². The Morgan fingerprint density at radius 1 is 1.14 bits per heavy atom. The van der Waals surface area contributed by atoms with Crippen LogP contribution in [0, 0.1) is 5.92 Å². The summed E-state index contributed by atoms with van der Waals surface area (Å²) in [5.74, 6) is 1.35. The smallest absolute Gasteiger partial charge is 0.267 e. The third kappa shape index (κ3) is 3.04. The Morgan fingerprint density at radius 2 is 1.96 bits per heavy atom. The van der Waals surface area contributed by atoms with Gasteiger partial charge in [0.2, 0.25) is 0 Å². The highest BCUT2D eigenvalue weighted by Crippen LogP contribution is 2.35. The molecule has 146 valence electrons. The molecule has 0 saturated carbocycles. The number of aromatic nitrogens is 2. The fourth-order valence-electron chi connectivity index (χ4n) is 4.24. The second-order valence-corrected chi connectivity index (χ2v) is 7.75. The highest BCUT2D eigenvalue weighted by Gasteiger charge is 2.34. The van der Waals surface area contributed by atoms with Crippen LogP contribution in [-0.2, 0) is 19.4 Å². The molecule has 3 aliphatic rings. The van der Waals surface area contributed by atoms with E-state index in [0.717, 1.165) is 36.9 Å². The van der Waals surface area contributed by atoms with Crippen molar-refractivity contribution in [1.82, 2.24) is 14.7 Å². The molecule has 3 heterocycles. The summed E-state index contributed by atoms with van der Waals surface area (Å²) in [7, 11) is 0. The zero-order chi connectivity index (χ0) is 19.1. The summed E-state index contributed by atoms with van der Waals surface area (Å²) in [4.78, 5) is 27.0. The minimum Gasteiger partial charge on any atom is -0.486 e. The zero-order valence-corrected chi connectivity index (χ0v) is 15.7. The summed E-state index contributed by atoms with van der Waals surface area (Å²) in [6.07, 6.45) is 4.18. The van der Waals surface area contributed by atoms with E-state index in [2.05, 4.69) is 5.10 Å². The Morgan fingerprint density at radius 3 is 2.86 bits per heavy atom. The summed E-state index contributed by atoms with van der Waals surface area (Å²) in [5, 5.41) is 4.58. The number of nitrogens with zero attached hydrogens (tertiary/aromatic N) is 3. The Labute approximate surface area is 162 Å². The molecule has 5 rings (SSSR count). The van der Waals surface area contributed by atoms with Crippen molar-refractivity contribution < 1.29 is 14.3 Å². The molecule has 0 unspecified atom stereocenters. The van der Waals surface area contributed by atoms with Gasteiger partial charge in [0, 0.05) is 25.1 Å². The van der Waals surface area contributed by atoms with Gasteiger partial charge in [-0.15, -0.1) is 0 Å². The van der Waals surface area contributed by atoms with Crippen molar-refractivity contribution in [1.29, 1.82) is 0 Å². The number of para-hydroxylation sites is 1. The van der Waals surface area contributed by atoms with Crippen LogP contribution in [0.25, 0.3) is 0 Å². The molecule has 1 aromatic carbocycles. The van der Waals surface area contributed by atoms with Crippen molar-refractivity contribution >= 4 is 5.91 Å². The lowest BCUT2D eigenvalue weighted by Gasteiger charge is -2.39. The first-order chi connectivity index (χ1) is 13.7. The van der Waals surface area contributed by atoms with Gasteiger partial charge in [-0.05, 0) is 43.4 Å². The minimum atomic E-state index is -0.0515. The molecule has 7 heteroatoms. The third-order valence-corrected chi connectivity index (χ3v) is 5.75. The second-order valence-electron chi connectivity index (χ2n) is 7.75. The molecular weight excluding hydrogens is 358 g/mol. The van der Waals surface area contributed by atoms with E-state index in [9.17, 15) is 9.59 Å². The normalized spacial score (nSPS) is 18.4. The maximum absolute atomic E-state index is 12.9. The Hall–Kier alpha value is -2.83. The maximum atomic E-state index is 12.9. The molecule has 0 bridgehead atoms. The minimum absolute atomic E-state index is 0.0342. The van der Waals surface area contributed by atoms with E-state index in [0.29, 0.717) is 49.9 Å². The molecule has 0 atom stereocenters. The number of carbonyl (C=O) groups excluding carboxylic acids is 1. The maximum Gasteiger partial charge on any atom is 0.267 e. The average Bonchev–Trinajstić information content (AvgIpc) is 2.69. The molecule has 7 nitrogen and oxygen atoms in total. The zero-order valence-electron chi connectivity index (χ0n) is 15.7. The number of likely N-dealkylation sites (tertiary alicyclic amines) is 1. The molecule has 0 N–H and O–H groups in total. The molecule has 2 aliphatic heterocycles. The predicted octanol–water partition coefficient (Wildman–Crippen LogP) is 1.67. The molecule has 28 heavy (non-hydrogen) atoms. The molecular formula is C21H23N3O4. The lowest BCUT2D eigenvalue weighted by Crippen LogP contribution is -2.52. The lowest BCUT2D eigenvalue weighted by molar-refractivity contribution is 0.0449. The molecule has 1 aliphatic carbocycles. The number of benzene rings is 1. The van der Waals surface area contributed by atoms with Crippen molar-refractivity contribution in [3.05, 3.63) is 51.4 Å². The van der Waals surface area contributed by atoms with Crippen LogP contribution in [0.15, 0.2) is 29.1 Å². The van der Waals surface area contributed by atoms with Gasteiger partial charge in [0.15, 0.2) is 11.5 Å². The summed E-state index contributed by atoms with van der Waals surface area (Å²) in [5.41, 5.74) is 2.67. The van der Waals surface area contributed by atoms with Crippen LogP contribution in [0.2, 0.25) is 0 Å². The first-order valence-electron chi connectivity index (χ1n) is 9.97. The molecule has 1 amide bonds. The van der Waals surface area contributed by atoms with E-state index < -0.39 is 0 Å². The highest BCUT2D eigenvalue weighted by molar-refractivity contribution is 5.98. The van der Waals surface area contributed by atoms with Crippen LogP contribution in [0.4, 0.5) is 0 Å². The fourth-order valence-corrected chi connectivity index (χ4v) is 4.24. The van der Waals surface area contributed by atoms with Crippen molar-refractivity contribution in [2.75, 3.05) is 26.3 Å². The van der Waals surface area contributed by atoms with E-state index in [1.807, 2.05) is 12.1 Å². The summed E-state index contributed by atoms with van der Waals surface area (Å²) in [6, 6.07) is 7.16. The first kappa shape index (κ1) is 17.3. The highest BCUT2D eigenvalue weighted by atomic mass is 16.6. The lowest BCUT2D eigenvalue weighted by atomic mass is 9.96. The predicted molar refractivity (Wildman–Crippen MR) is 102 cm³/mol. The average molecular weight is 381 g/mol. The summed E-state index contributed by atoms with van der Waals surface area (Å²) >= 11 is 0. The van der Waals surface area contributed by atoms with Gasteiger partial charge >= 0.3 is 0 Å². The van der Waals surface area contributed by atoms with Gasteiger partial charge in [-0.25, -0.2) is 4.68 Å². The van der Waals surface area contributed by atoms with Gasteiger partial charge in [0.05, 0.1) is 17.8 Å². The number of hydrogen-bond acceptors (Lipinski definition) is 5. The van der Waals surface area contributed by atoms with Crippen molar-refractivity contribution in [3.63, 3.8) is 0 Å². The number of aryl methyl sites for hydroxylation is 2. The molecule has 1 fully saturated rings. The topological polar surface area (TPSA) is 73.7 Å². The monoisotopic (exact) mass is 381 g/mol. The molecule has 1 aromatic heterocycles. The standard InChI is InChI=1S/C21H23N3O4/c25-19-10-15-4-1-2-6-17(15)22-24(19)13-14-11-23(12-14)21(26)16-5-3-7-18-20(16)28-9-8-27-18/h3,5,7,10,14H,1-2,4,6,8-9,11-13H2. The van der Waals surface area contributed by atoms with E-state index in [4.69, 9.17) is 9.47 Å². The van der Waals surface area contributed by atoms with Crippen molar-refractivity contribution in [2.45, 2.75) is 32.2 Å². The molecule has 0 radical (unpaired) electrons. The summed E-state index contributed by atoms with van der Waals surface area (Å²) < 4.78 is 12.8. The van der Waals surface area contributed by atoms with Crippen molar-refractivity contribution in [2.24, 2.45) is 5.92 Å². The molecule has 0 spiro atoms. The van der Waals surface area contributed by atoms with Crippen LogP contribution in [0.3, 0.4) is 0 Å². The van der Waals surface area contributed by atoms with Gasteiger partial charge in [-0.2, -0.15) is 5.10 Å². The van der Waals surface area contributed by atoms with Crippen LogP contribution in [0.5, 0.6) is 11.5 Å². The van der Waals surface area contributed by atoms with E-state index in [1.165, 1.54) is 0 Å². The number of hydrogen-bond donors (Lipinski definition) is 0. The van der Waals surface area contributed by atoms with Gasteiger partial charge in [0.25, 0.3) is 11.5 Å². The number of amides is 1.